The summed E-state index contributed by atoms with van der Waals surface area (Å²) in [5, 5.41) is 53.4. The second-order valence-corrected chi connectivity index (χ2v) is 12.8. The molecule has 12 nitrogen and oxygen atoms in total. The van der Waals surface area contributed by atoms with Crippen LogP contribution in [0.5, 0.6) is 0 Å². The van der Waals surface area contributed by atoms with Gasteiger partial charge in [0.1, 0.15) is 6.10 Å². The van der Waals surface area contributed by atoms with Crippen LogP contribution in [0, 0.1) is 17.8 Å². The van der Waals surface area contributed by atoms with E-state index >= 15 is 0 Å². The molecule has 2 bridgehead atoms. The summed E-state index contributed by atoms with van der Waals surface area (Å²) in [4.78, 5) is 50.8. The highest BCUT2D eigenvalue weighted by molar-refractivity contribution is 5.98. The molecule has 0 aromatic heterocycles. The van der Waals surface area contributed by atoms with E-state index in [1.54, 1.807) is 0 Å². The summed E-state index contributed by atoms with van der Waals surface area (Å²) in [5.41, 5.74) is -4.28. The third-order valence-electron chi connectivity index (χ3n) is 9.27. The third-order valence-corrected chi connectivity index (χ3v) is 9.27. The van der Waals surface area contributed by atoms with E-state index in [1.165, 1.54) is 6.08 Å². The van der Waals surface area contributed by atoms with Gasteiger partial charge in [-0.15, -0.1) is 0 Å². The molecular formula is C33H42O12. The number of aliphatic hydroxyl groups is 2. The smallest absolute Gasteiger partial charge is 0.344 e. The highest BCUT2D eigenvalue weighted by Crippen LogP contribution is 2.56. The zero-order chi connectivity index (χ0) is 33.3. The minimum absolute atomic E-state index is 0.0766. The van der Waals surface area contributed by atoms with Gasteiger partial charge in [-0.1, -0.05) is 76.1 Å². The van der Waals surface area contributed by atoms with E-state index in [2.05, 4.69) is 6.92 Å². The lowest BCUT2D eigenvalue weighted by Gasteiger charge is -2.48. The molecule has 9 atom stereocenters. The standard InChI is InChI=1S/C33H42O12/c1-5-18(2)14-19(3)10-11-24(34)43-26-25(35)31(13-12-21-15-20(4)16-22-8-6-7-9-23(22)17-21)44-27(28(36)37)32(42,29(38)39)33(26,45-31)30(40)41/h6-11,17-20,25-27,35,42H,5,12-16H2,1-4H3,(H,36,37)(H,38,39)(H,40,41)/b11-10+/t18-,19+,20-,25+,26+,27+,31-,32+,33-/m0/s1. The lowest BCUT2D eigenvalue weighted by Crippen LogP contribution is -2.78. The molecule has 1 aliphatic carbocycles. The highest BCUT2D eigenvalue weighted by Gasteiger charge is 2.85. The molecule has 0 radical (unpaired) electrons. The molecule has 0 spiro atoms. The number of allylic oxidation sites excluding steroid dienone is 2. The molecule has 12 heteroatoms. The van der Waals surface area contributed by atoms with E-state index in [0.29, 0.717) is 12.3 Å². The molecule has 4 rings (SSSR count). The number of fused-ring (bicyclic) bond motifs is 3. The van der Waals surface area contributed by atoms with Gasteiger partial charge in [0.2, 0.25) is 23.1 Å². The first-order valence-corrected chi connectivity index (χ1v) is 15.2. The number of ether oxygens (including phenoxy) is 3. The monoisotopic (exact) mass is 630 g/mol. The summed E-state index contributed by atoms with van der Waals surface area (Å²) < 4.78 is 16.7. The minimum Gasteiger partial charge on any atom is -0.479 e. The van der Waals surface area contributed by atoms with E-state index in [-0.39, 0.29) is 24.7 Å². The Kier molecular flexibility index (Phi) is 9.93. The number of esters is 1. The molecule has 5 N–H and O–H groups in total. The van der Waals surface area contributed by atoms with E-state index in [9.17, 15) is 44.7 Å². The summed E-state index contributed by atoms with van der Waals surface area (Å²) in [7, 11) is 0. The van der Waals surface area contributed by atoms with Crippen LogP contribution in [0.25, 0.3) is 6.08 Å². The van der Waals surface area contributed by atoms with Crippen molar-refractivity contribution in [3.8, 4) is 0 Å². The van der Waals surface area contributed by atoms with Crippen molar-refractivity contribution in [1.82, 2.24) is 0 Å². The molecule has 2 saturated heterocycles. The van der Waals surface area contributed by atoms with Gasteiger partial charge in [0.15, 0.2) is 6.10 Å². The van der Waals surface area contributed by atoms with Gasteiger partial charge in [-0.2, -0.15) is 0 Å². The van der Waals surface area contributed by atoms with Crippen LogP contribution in [0.1, 0.15) is 70.9 Å². The Morgan fingerprint density at radius 2 is 1.78 bits per heavy atom. The van der Waals surface area contributed by atoms with Crippen LogP contribution in [-0.4, -0.2) is 84.7 Å². The molecule has 246 valence electrons. The van der Waals surface area contributed by atoms with Crippen molar-refractivity contribution in [3.05, 3.63) is 53.1 Å². The largest absolute Gasteiger partial charge is 0.479 e. The van der Waals surface area contributed by atoms with Crippen molar-refractivity contribution in [1.29, 1.82) is 0 Å². The normalized spacial score (nSPS) is 33.9. The van der Waals surface area contributed by atoms with Crippen LogP contribution in [0.4, 0.5) is 0 Å². The van der Waals surface area contributed by atoms with Crippen LogP contribution in [0.15, 0.2) is 42.0 Å². The number of carboxylic acids is 3. The summed E-state index contributed by atoms with van der Waals surface area (Å²) >= 11 is 0. The quantitative estimate of drug-likeness (QED) is 0.167. The van der Waals surface area contributed by atoms with Gasteiger partial charge in [-0.3, -0.25) is 0 Å². The average molecular weight is 631 g/mol. The maximum Gasteiger partial charge on any atom is 0.344 e. The molecular weight excluding hydrogens is 588 g/mol. The fourth-order valence-corrected chi connectivity index (χ4v) is 6.78. The van der Waals surface area contributed by atoms with E-state index in [0.717, 1.165) is 42.0 Å². The highest BCUT2D eigenvalue weighted by atomic mass is 16.8. The Labute approximate surface area is 261 Å². The van der Waals surface area contributed by atoms with E-state index in [1.807, 2.05) is 51.1 Å². The zero-order valence-corrected chi connectivity index (χ0v) is 25.8. The van der Waals surface area contributed by atoms with Crippen LogP contribution < -0.4 is 0 Å². The minimum atomic E-state index is -3.81. The topological polar surface area (TPSA) is 197 Å². The maximum absolute atomic E-state index is 13.0. The summed E-state index contributed by atoms with van der Waals surface area (Å²) in [6.07, 6.45) is 0.121. The van der Waals surface area contributed by atoms with Crippen LogP contribution in [0.2, 0.25) is 0 Å². The molecule has 3 aliphatic rings. The van der Waals surface area contributed by atoms with Crippen molar-refractivity contribution < 1.29 is 58.9 Å². The van der Waals surface area contributed by atoms with Crippen molar-refractivity contribution in [2.45, 2.75) is 102 Å². The number of carboxylic acid groups (broad SMARTS) is 3. The Balaban J connectivity index is 1.73. The van der Waals surface area contributed by atoms with Crippen molar-refractivity contribution in [2.24, 2.45) is 17.8 Å². The molecule has 1 aromatic rings. The zero-order valence-electron chi connectivity index (χ0n) is 25.8. The number of hydrogen-bond donors (Lipinski definition) is 5. The van der Waals surface area contributed by atoms with Gasteiger partial charge in [0.05, 0.1) is 0 Å². The molecule has 2 aliphatic heterocycles. The van der Waals surface area contributed by atoms with Crippen LogP contribution in [0.3, 0.4) is 0 Å². The fourth-order valence-electron chi connectivity index (χ4n) is 6.78. The number of benzene rings is 1. The summed E-state index contributed by atoms with van der Waals surface area (Å²) in [5.74, 6) is -9.57. The molecule has 2 heterocycles. The Bertz CT molecular complexity index is 1390. The van der Waals surface area contributed by atoms with Crippen molar-refractivity contribution >= 4 is 30.0 Å². The molecule has 1 aromatic carbocycles. The molecule has 0 saturated carbocycles. The van der Waals surface area contributed by atoms with E-state index < -0.39 is 59.2 Å². The molecule has 45 heavy (non-hydrogen) atoms. The second-order valence-electron chi connectivity index (χ2n) is 12.8. The van der Waals surface area contributed by atoms with Gasteiger partial charge in [0.25, 0.3) is 0 Å². The fraction of sp³-hybridized carbons (Fsp3) is 0.576. The lowest BCUT2D eigenvalue weighted by molar-refractivity contribution is -0.374. The van der Waals surface area contributed by atoms with E-state index in [4.69, 9.17) is 14.2 Å². The lowest BCUT2D eigenvalue weighted by atomic mass is 9.74. The van der Waals surface area contributed by atoms with Crippen molar-refractivity contribution in [2.75, 3.05) is 0 Å². The number of carbonyl (C=O) groups is 4. The van der Waals surface area contributed by atoms with Gasteiger partial charge >= 0.3 is 23.9 Å². The Morgan fingerprint density at radius 3 is 2.40 bits per heavy atom. The third kappa shape index (κ3) is 6.16. The average Bonchev–Trinajstić information content (AvgIpc) is 3.07. The predicted octanol–water partition coefficient (Wildman–Crippen LogP) is 3.18. The number of hydrogen-bond acceptors (Lipinski definition) is 9. The van der Waals surface area contributed by atoms with Gasteiger partial charge in [-0.25, -0.2) is 19.2 Å². The molecule has 2 fully saturated rings. The molecule has 0 amide bonds. The number of carbonyl (C=O) groups excluding carboxylic acids is 1. The SMILES string of the molecule is CC[C@H](C)C[C@H](C)/C=C/C(=O)O[C@@H]1[C@@H](O)[C@@]2(CCC3=Cc4ccccc4C[C@@H](C)C3)O[C@H](C(=O)O)[C@@](O)(C(=O)O)[C@]1(C(=O)O)O2. The number of rotatable bonds is 12. The van der Waals surface area contributed by atoms with Gasteiger partial charge < -0.3 is 39.7 Å². The molecule has 0 unspecified atom stereocenters. The predicted molar refractivity (Wildman–Crippen MR) is 159 cm³/mol. The van der Waals surface area contributed by atoms with Crippen molar-refractivity contribution in [3.63, 3.8) is 0 Å². The second kappa shape index (κ2) is 13.0. The number of aliphatic hydroxyl groups excluding tert-OH is 1. The first kappa shape index (κ1) is 34.3. The summed E-state index contributed by atoms with van der Waals surface area (Å²) in [6.45, 7) is 7.99. The van der Waals surface area contributed by atoms with Gasteiger partial charge in [-0.05, 0) is 54.6 Å². The van der Waals surface area contributed by atoms with Crippen LogP contribution in [-0.2, 0) is 39.8 Å². The Hall–Kier alpha value is -3.58. The van der Waals surface area contributed by atoms with Crippen LogP contribution >= 0.6 is 0 Å². The first-order chi connectivity index (χ1) is 21.1. The first-order valence-electron chi connectivity index (χ1n) is 15.2. The Morgan fingerprint density at radius 1 is 1.09 bits per heavy atom. The maximum atomic E-state index is 13.0. The summed E-state index contributed by atoms with van der Waals surface area (Å²) in [6, 6.07) is 7.78. The number of aliphatic carboxylic acids is 3. The van der Waals surface area contributed by atoms with Gasteiger partial charge in [0, 0.05) is 12.5 Å².